The minimum atomic E-state index is 0.314. The number of nitrogen functional groups attached to an aromatic ring is 1. The maximum atomic E-state index is 5.50. The average Bonchev–Trinajstić information content (AvgIpc) is 2.46. The largest absolute Gasteiger partial charge is 0.490 e. The zero-order valence-electron chi connectivity index (χ0n) is 6.05. The molecule has 4 heteroatoms. The Kier molecular flexibility index (Phi) is 1.09. The van der Waals surface area contributed by atoms with Crippen LogP contribution in [0.4, 0.5) is 5.88 Å². The van der Waals surface area contributed by atoms with Crippen molar-refractivity contribution in [2.75, 3.05) is 12.8 Å². The summed E-state index contributed by atoms with van der Waals surface area (Å²) >= 11 is 0. The summed E-state index contributed by atoms with van der Waals surface area (Å²) in [6.07, 6.45) is 1.77. The molecular formula is C7H8N2O2. The zero-order chi connectivity index (χ0) is 7.84. The number of nitrogens with one attached hydrogen (secondary N) is 1. The van der Waals surface area contributed by atoms with Crippen molar-refractivity contribution >= 4 is 17.0 Å². The van der Waals surface area contributed by atoms with E-state index in [1.54, 1.807) is 19.4 Å². The van der Waals surface area contributed by atoms with Gasteiger partial charge in [0, 0.05) is 6.20 Å². The Hall–Kier alpha value is -1.58. The average molecular weight is 152 g/mol. The molecule has 0 unspecified atom stereocenters. The number of nitrogens with two attached hydrogens (primary N) is 1. The van der Waals surface area contributed by atoms with Gasteiger partial charge in [-0.05, 0) is 6.07 Å². The monoisotopic (exact) mass is 152 g/mol. The van der Waals surface area contributed by atoms with E-state index in [1.165, 1.54) is 0 Å². The molecular weight excluding hydrogens is 144 g/mol. The van der Waals surface area contributed by atoms with Gasteiger partial charge in [-0.3, -0.25) is 0 Å². The van der Waals surface area contributed by atoms with Crippen LogP contribution >= 0.6 is 0 Å². The zero-order valence-corrected chi connectivity index (χ0v) is 6.05. The molecule has 0 aliphatic heterocycles. The maximum absolute atomic E-state index is 5.50. The van der Waals surface area contributed by atoms with Gasteiger partial charge in [-0.1, -0.05) is 0 Å². The van der Waals surface area contributed by atoms with Crippen molar-refractivity contribution in [3.8, 4) is 5.75 Å². The molecule has 2 heterocycles. The molecule has 0 bridgehead atoms. The summed E-state index contributed by atoms with van der Waals surface area (Å²) in [5, 5.41) is 0. The van der Waals surface area contributed by atoms with Gasteiger partial charge in [0.1, 0.15) is 5.52 Å². The third-order valence-electron chi connectivity index (χ3n) is 1.58. The quantitative estimate of drug-likeness (QED) is 0.648. The van der Waals surface area contributed by atoms with Crippen molar-refractivity contribution in [2.45, 2.75) is 0 Å². The van der Waals surface area contributed by atoms with Crippen LogP contribution in [0.15, 0.2) is 16.7 Å². The number of aromatic amines is 1. The Balaban J connectivity index is 2.80. The lowest BCUT2D eigenvalue weighted by atomic mass is 10.4. The van der Waals surface area contributed by atoms with Gasteiger partial charge in [-0.2, -0.15) is 0 Å². The van der Waals surface area contributed by atoms with Crippen LogP contribution in [0, 0.1) is 0 Å². The first-order valence-corrected chi connectivity index (χ1v) is 3.22. The maximum Gasteiger partial charge on any atom is 0.235 e. The van der Waals surface area contributed by atoms with Gasteiger partial charge in [-0.15, -0.1) is 0 Å². The summed E-state index contributed by atoms with van der Waals surface area (Å²) in [6.45, 7) is 0. The second-order valence-electron chi connectivity index (χ2n) is 2.22. The van der Waals surface area contributed by atoms with Gasteiger partial charge in [0.2, 0.25) is 11.6 Å². The number of hydrogen-bond acceptors (Lipinski definition) is 3. The third kappa shape index (κ3) is 0.690. The van der Waals surface area contributed by atoms with Crippen LogP contribution < -0.4 is 10.5 Å². The number of H-pyrrole nitrogens is 1. The molecule has 0 fully saturated rings. The SMILES string of the molecule is COc1c(N)oc2cc[nH]c12. The number of aromatic nitrogens is 1. The number of anilines is 1. The number of fused-ring (bicyclic) bond motifs is 1. The van der Waals surface area contributed by atoms with E-state index in [2.05, 4.69) is 4.98 Å². The normalized spacial score (nSPS) is 10.6. The van der Waals surface area contributed by atoms with E-state index < -0.39 is 0 Å². The van der Waals surface area contributed by atoms with E-state index in [4.69, 9.17) is 14.9 Å². The van der Waals surface area contributed by atoms with Gasteiger partial charge in [0.05, 0.1) is 7.11 Å². The molecule has 4 nitrogen and oxygen atoms in total. The minimum absolute atomic E-state index is 0.314. The molecule has 0 aliphatic carbocycles. The van der Waals surface area contributed by atoms with Gasteiger partial charge in [0.15, 0.2) is 5.58 Å². The van der Waals surface area contributed by atoms with Crippen LogP contribution in [0.3, 0.4) is 0 Å². The van der Waals surface area contributed by atoms with Gasteiger partial charge in [0.25, 0.3) is 0 Å². The molecule has 0 saturated carbocycles. The molecule has 0 saturated heterocycles. The highest BCUT2D eigenvalue weighted by Gasteiger charge is 2.11. The number of hydrogen-bond donors (Lipinski definition) is 2. The Bertz CT molecular complexity index is 375. The predicted octanol–water partition coefficient (Wildman–Crippen LogP) is 1.35. The van der Waals surface area contributed by atoms with E-state index in [-0.39, 0.29) is 0 Å². The van der Waals surface area contributed by atoms with E-state index in [0.717, 1.165) is 11.1 Å². The number of methoxy groups -OCH3 is 1. The molecule has 2 rings (SSSR count). The van der Waals surface area contributed by atoms with Crippen LogP contribution in [0.5, 0.6) is 5.75 Å². The lowest BCUT2D eigenvalue weighted by Crippen LogP contribution is -1.87. The van der Waals surface area contributed by atoms with Gasteiger partial charge in [-0.25, -0.2) is 0 Å². The second kappa shape index (κ2) is 1.95. The first-order valence-electron chi connectivity index (χ1n) is 3.22. The molecule has 0 aliphatic rings. The molecule has 58 valence electrons. The highest BCUT2D eigenvalue weighted by Crippen LogP contribution is 2.33. The van der Waals surface area contributed by atoms with E-state index >= 15 is 0 Å². The lowest BCUT2D eigenvalue weighted by molar-refractivity contribution is 0.414. The summed E-state index contributed by atoms with van der Waals surface area (Å²) in [7, 11) is 1.56. The van der Waals surface area contributed by atoms with Crippen LogP contribution in [0.25, 0.3) is 11.1 Å². The fourth-order valence-electron chi connectivity index (χ4n) is 1.11. The minimum Gasteiger partial charge on any atom is -0.490 e. The van der Waals surface area contributed by atoms with Gasteiger partial charge < -0.3 is 19.9 Å². The molecule has 11 heavy (non-hydrogen) atoms. The lowest BCUT2D eigenvalue weighted by Gasteiger charge is -1.93. The van der Waals surface area contributed by atoms with Crippen molar-refractivity contribution in [3.63, 3.8) is 0 Å². The molecule has 2 aromatic rings. The molecule has 0 radical (unpaired) electrons. The first-order chi connectivity index (χ1) is 5.33. The summed E-state index contributed by atoms with van der Waals surface area (Å²) in [5.74, 6) is 0.888. The Morgan fingerprint density at radius 3 is 3.18 bits per heavy atom. The van der Waals surface area contributed by atoms with E-state index in [9.17, 15) is 0 Å². The van der Waals surface area contributed by atoms with Crippen LogP contribution in [-0.4, -0.2) is 12.1 Å². The Labute approximate surface area is 62.9 Å². The Morgan fingerprint density at radius 1 is 1.64 bits per heavy atom. The van der Waals surface area contributed by atoms with E-state index in [0.29, 0.717) is 11.6 Å². The first kappa shape index (κ1) is 6.15. The number of ether oxygens (including phenoxy) is 1. The third-order valence-corrected chi connectivity index (χ3v) is 1.58. The summed E-state index contributed by atoms with van der Waals surface area (Å²) in [6, 6.07) is 1.80. The molecule has 2 aromatic heterocycles. The standard InChI is InChI=1S/C7H8N2O2/c1-10-6-5-4(2-3-9-5)11-7(6)8/h2-3,9H,8H2,1H3. The van der Waals surface area contributed by atoms with Crippen molar-refractivity contribution in [2.24, 2.45) is 0 Å². The van der Waals surface area contributed by atoms with E-state index in [1.807, 2.05) is 0 Å². The van der Waals surface area contributed by atoms with Crippen molar-refractivity contribution < 1.29 is 9.15 Å². The molecule has 0 amide bonds. The fourth-order valence-corrected chi connectivity index (χ4v) is 1.11. The highest BCUT2D eigenvalue weighted by atomic mass is 16.5. The summed E-state index contributed by atoms with van der Waals surface area (Å²) in [5.41, 5.74) is 7.03. The number of rotatable bonds is 1. The van der Waals surface area contributed by atoms with Crippen molar-refractivity contribution in [3.05, 3.63) is 12.3 Å². The molecule has 0 atom stereocenters. The van der Waals surface area contributed by atoms with Crippen molar-refractivity contribution in [1.29, 1.82) is 0 Å². The summed E-state index contributed by atoms with van der Waals surface area (Å²) in [4.78, 5) is 2.96. The molecule has 0 aromatic carbocycles. The van der Waals surface area contributed by atoms with Gasteiger partial charge >= 0.3 is 0 Å². The smallest absolute Gasteiger partial charge is 0.235 e. The second-order valence-corrected chi connectivity index (χ2v) is 2.22. The highest BCUT2D eigenvalue weighted by molar-refractivity contribution is 5.85. The molecule has 3 N–H and O–H groups in total. The van der Waals surface area contributed by atoms with Crippen LogP contribution in [0.2, 0.25) is 0 Å². The molecule has 0 spiro atoms. The van der Waals surface area contributed by atoms with Crippen LogP contribution in [-0.2, 0) is 0 Å². The Morgan fingerprint density at radius 2 is 2.45 bits per heavy atom. The topological polar surface area (TPSA) is 64.2 Å². The summed E-state index contributed by atoms with van der Waals surface area (Å²) < 4.78 is 10.2. The predicted molar refractivity (Wildman–Crippen MR) is 41.5 cm³/mol. The fraction of sp³-hybridized carbons (Fsp3) is 0.143. The number of furan rings is 1. The van der Waals surface area contributed by atoms with Crippen molar-refractivity contribution in [1.82, 2.24) is 4.98 Å². The van der Waals surface area contributed by atoms with Crippen LogP contribution in [0.1, 0.15) is 0 Å².